The SMILES string of the molecule is CCNc1ncnc(N2CCCC(C)(O)C2)c1C(C)C. The summed E-state index contributed by atoms with van der Waals surface area (Å²) in [6.07, 6.45) is 3.46. The molecule has 2 N–H and O–H groups in total. The van der Waals surface area contributed by atoms with Crippen LogP contribution in [0.4, 0.5) is 11.6 Å². The molecule has 1 unspecified atom stereocenters. The Morgan fingerprint density at radius 2 is 2.20 bits per heavy atom. The normalized spacial score (nSPS) is 23.2. The highest BCUT2D eigenvalue weighted by atomic mass is 16.3. The molecule has 2 rings (SSSR count). The third kappa shape index (κ3) is 3.20. The zero-order chi connectivity index (χ0) is 14.8. The topological polar surface area (TPSA) is 61.3 Å². The third-order valence-electron chi connectivity index (χ3n) is 3.76. The number of nitrogens with one attached hydrogen (secondary N) is 1. The molecule has 1 fully saturated rings. The van der Waals surface area contributed by atoms with E-state index in [0.717, 1.165) is 43.1 Å². The van der Waals surface area contributed by atoms with Gasteiger partial charge in [0.1, 0.15) is 18.0 Å². The average molecular weight is 278 g/mol. The van der Waals surface area contributed by atoms with Crippen LogP contribution in [0.15, 0.2) is 6.33 Å². The number of hydrogen-bond acceptors (Lipinski definition) is 5. The lowest BCUT2D eigenvalue weighted by molar-refractivity contribution is 0.0446. The highest BCUT2D eigenvalue weighted by molar-refractivity contribution is 5.60. The fraction of sp³-hybridized carbons (Fsp3) is 0.733. The Balaban J connectivity index is 2.37. The Kier molecular flexibility index (Phi) is 4.48. The van der Waals surface area contributed by atoms with E-state index in [-0.39, 0.29) is 0 Å². The number of rotatable bonds is 4. The van der Waals surface area contributed by atoms with Gasteiger partial charge < -0.3 is 15.3 Å². The van der Waals surface area contributed by atoms with Gasteiger partial charge in [0.15, 0.2) is 0 Å². The summed E-state index contributed by atoms with van der Waals surface area (Å²) in [4.78, 5) is 11.1. The van der Waals surface area contributed by atoms with E-state index in [0.29, 0.717) is 12.5 Å². The summed E-state index contributed by atoms with van der Waals surface area (Å²) in [7, 11) is 0. The second-order valence-corrected chi connectivity index (χ2v) is 6.17. The summed E-state index contributed by atoms with van der Waals surface area (Å²) >= 11 is 0. The lowest BCUT2D eigenvalue weighted by Gasteiger charge is -2.38. The molecule has 1 aromatic rings. The quantitative estimate of drug-likeness (QED) is 0.885. The molecule has 0 spiro atoms. The van der Waals surface area contributed by atoms with Gasteiger partial charge in [-0.25, -0.2) is 9.97 Å². The molecule has 1 aromatic heterocycles. The molecular weight excluding hydrogens is 252 g/mol. The average Bonchev–Trinajstić information content (AvgIpc) is 2.37. The van der Waals surface area contributed by atoms with Crippen LogP contribution in [-0.2, 0) is 0 Å². The Bertz CT molecular complexity index is 459. The molecule has 1 atom stereocenters. The van der Waals surface area contributed by atoms with Crippen molar-refractivity contribution in [2.45, 2.75) is 52.1 Å². The maximum absolute atomic E-state index is 10.3. The van der Waals surface area contributed by atoms with Crippen LogP contribution in [0.2, 0.25) is 0 Å². The van der Waals surface area contributed by atoms with E-state index >= 15 is 0 Å². The highest BCUT2D eigenvalue weighted by Crippen LogP contribution is 2.33. The lowest BCUT2D eigenvalue weighted by Crippen LogP contribution is -2.46. The van der Waals surface area contributed by atoms with Crippen LogP contribution in [0.3, 0.4) is 0 Å². The highest BCUT2D eigenvalue weighted by Gasteiger charge is 2.31. The van der Waals surface area contributed by atoms with Crippen LogP contribution in [0.5, 0.6) is 0 Å². The van der Waals surface area contributed by atoms with Crippen molar-refractivity contribution in [2.75, 3.05) is 29.9 Å². The monoisotopic (exact) mass is 278 g/mol. The predicted octanol–water partition coefficient (Wildman–Crippen LogP) is 2.38. The first-order chi connectivity index (χ1) is 9.44. The molecule has 1 aliphatic rings. The van der Waals surface area contributed by atoms with Gasteiger partial charge in [0.25, 0.3) is 0 Å². The van der Waals surface area contributed by atoms with E-state index in [1.165, 1.54) is 0 Å². The number of hydrogen-bond donors (Lipinski definition) is 2. The minimum absolute atomic E-state index is 0.340. The molecule has 20 heavy (non-hydrogen) atoms. The second kappa shape index (κ2) is 5.95. The molecule has 0 saturated carbocycles. The standard InChI is InChI=1S/C15H26N4O/c1-5-16-13-12(11(2)3)14(18-10-17-13)19-8-6-7-15(4,20)9-19/h10-11,20H,5-9H2,1-4H3,(H,16,17,18). The van der Waals surface area contributed by atoms with Crippen LogP contribution in [0.25, 0.3) is 0 Å². The molecule has 0 aliphatic carbocycles. The number of piperidine rings is 1. The molecule has 2 heterocycles. The Morgan fingerprint density at radius 3 is 2.80 bits per heavy atom. The first-order valence-corrected chi connectivity index (χ1v) is 7.50. The summed E-state index contributed by atoms with van der Waals surface area (Å²) in [5.41, 5.74) is 0.516. The molecule has 1 aliphatic heterocycles. The Labute approximate surface area is 121 Å². The number of anilines is 2. The molecule has 0 radical (unpaired) electrons. The Hall–Kier alpha value is -1.36. The van der Waals surface area contributed by atoms with Gasteiger partial charge >= 0.3 is 0 Å². The Morgan fingerprint density at radius 1 is 1.45 bits per heavy atom. The van der Waals surface area contributed by atoms with Crippen molar-refractivity contribution in [1.29, 1.82) is 0 Å². The smallest absolute Gasteiger partial charge is 0.137 e. The van der Waals surface area contributed by atoms with Crippen LogP contribution >= 0.6 is 0 Å². The van der Waals surface area contributed by atoms with Gasteiger partial charge in [-0.3, -0.25) is 0 Å². The molecule has 5 nitrogen and oxygen atoms in total. The fourth-order valence-electron chi connectivity index (χ4n) is 2.88. The van der Waals surface area contributed by atoms with E-state index in [9.17, 15) is 5.11 Å². The molecular formula is C15H26N4O. The summed E-state index contributed by atoms with van der Waals surface area (Å²) in [6, 6.07) is 0. The molecule has 0 bridgehead atoms. The fourth-order valence-corrected chi connectivity index (χ4v) is 2.88. The van der Waals surface area contributed by atoms with E-state index in [4.69, 9.17) is 0 Å². The van der Waals surface area contributed by atoms with Gasteiger partial charge in [-0.1, -0.05) is 13.8 Å². The first-order valence-electron chi connectivity index (χ1n) is 7.50. The van der Waals surface area contributed by atoms with Crippen LogP contribution in [0, 0.1) is 0 Å². The summed E-state index contributed by atoms with van der Waals surface area (Å²) < 4.78 is 0. The van der Waals surface area contributed by atoms with Crippen molar-refractivity contribution in [3.8, 4) is 0 Å². The minimum Gasteiger partial charge on any atom is -0.388 e. The maximum atomic E-state index is 10.3. The van der Waals surface area contributed by atoms with Gasteiger partial charge in [-0.2, -0.15) is 0 Å². The second-order valence-electron chi connectivity index (χ2n) is 6.17. The number of β-amino-alcohol motifs (C(OH)–C–C–N with tert-alkyl or cyclic N) is 1. The van der Waals surface area contributed by atoms with Crippen molar-refractivity contribution in [3.05, 3.63) is 11.9 Å². The largest absolute Gasteiger partial charge is 0.388 e. The number of aromatic nitrogens is 2. The lowest BCUT2D eigenvalue weighted by atomic mass is 9.94. The van der Waals surface area contributed by atoms with Gasteiger partial charge in [0.05, 0.1) is 5.60 Å². The summed E-state index contributed by atoms with van der Waals surface area (Å²) in [5, 5.41) is 13.6. The van der Waals surface area contributed by atoms with Crippen molar-refractivity contribution < 1.29 is 5.11 Å². The van der Waals surface area contributed by atoms with Gasteiger partial charge in [-0.05, 0) is 32.6 Å². The van der Waals surface area contributed by atoms with Crippen molar-refractivity contribution in [1.82, 2.24) is 9.97 Å². The van der Waals surface area contributed by atoms with E-state index in [1.807, 2.05) is 6.92 Å². The van der Waals surface area contributed by atoms with E-state index in [2.05, 4.69) is 41.0 Å². The van der Waals surface area contributed by atoms with Crippen LogP contribution < -0.4 is 10.2 Å². The number of aliphatic hydroxyl groups is 1. The van der Waals surface area contributed by atoms with E-state index < -0.39 is 5.60 Å². The zero-order valence-electron chi connectivity index (χ0n) is 13.0. The van der Waals surface area contributed by atoms with Gasteiger partial charge in [0, 0.05) is 25.2 Å². The summed E-state index contributed by atoms with van der Waals surface area (Å²) in [6.45, 7) is 10.7. The molecule has 1 saturated heterocycles. The molecule has 0 aromatic carbocycles. The zero-order valence-corrected chi connectivity index (χ0v) is 13.0. The third-order valence-corrected chi connectivity index (χ3v) is 3.76. The van der Waals surface area contributed by atoms with Crippen LogP contribution in [-0.4, -0.2) is 40.3 Å². The van der Waals surface area contributed by atoms with Gasteiger partial charge in [-0.15, -0.1) is 0 Å². The predicted molar refractivity (Wildman–Crippen MR) is 82.4 cm³/mol. The summed E-state index contributed by atoms with van der Waals surface area (Å²) in [5.74, 6) is 2.22. The minimum atomic E-state index is -0.629. The van der Waals surface area contributed by atoms with Crippen molar-refractivity contribution in [2.24, 2.45) is 0 Å². The van der Waals surface area contributed by atoms with E-state index in [1.54, 1.807) is 6.33 Å². The van der Waals surface area contributed by atoms with Crippen LogP contribution in [0.1, 0.15) is 52.0 Å². The molecule has 0 amide bonds. The van der Waals surface area contributed by atoms with Crippen molar-refractivity contribution in [3.63, 3.8) is 0 Å². The van der Waals surface area contributed by atoms with Crippen molar-refractivity contribution >= 4 is 11.6 Å². The first kappa shape index (κ1) is 15.0. The molecule has 112 valence electrons. The molecule has 5 heteroatoms. The van der Waals surface area contributed by atoms with Gasteiger partial charge in [0.2, 0.25) is 0 Å². The number of nitrogens with zero attached hydrogens (tertiary/aromatic N) is 3. The maximum Gasteiger partial charge on any atom is 0.137 e.